The van der Waals surface area contributed by atoms with E-state index in [2.05, 4.69) is 43.4 Å². The van der Waals surface area contributed by atoms with E-state index < -0.39 is 29.6 Å². The van der Waals surface area contributed by atoms with Gasteiger partial charge in [-0.3, -0.25) is 19.6 Å². The van der Waals surface area contributed by atoms with Gasteiger partial charge in [-0.15, -0.1) is 0 Å². The highest BCUT2D eigenvalue weighted by Crippen LogP contribution is 2.54. The molecule has 1 aliphatic carbocycles. The van der Waals surface area contributed by atoms with Crippen LogP contribution >= 0.6 is 0 Å². The Morgan fingerprint density at radius 3 is 2.51 bits per heavy atom. The fourth-order valence-electron chi connectivity index (χ4n) is 8.15. The zero-order chi connectivity index (χ0) is 32.5. The molecule has 3 aliphatic heterocycles. The van der Waals surface area contributed by atoms with Gasteiger partial charge in [0.2, 0.25) is 0 Å². The van der Waals surface area contributed by atoms with Crippen LogP contribution in [0.15, 0.2) is 33.4 Å². The Bertz CT molecular complexity index is 1900. The van der Waals surface area contributed by atoms with E-state index in [9.17, 15) is 19.8 Å². The minimum atomic E-state index is -1.49. The number of aliphatic hydroxyl groups is 2. The van der Waals surface area contributed by atoms with Gasteiger partial charge in [0.25, 0.3) is 0 Å². The first-order chi connectivity index (χ1) is 21.4. The number of carbonyl (C=O) groups is 2. The van der Waals surface area contributed by atoms with Gasteiger partial charge in [-0.05, 0) is 87.4 Å². The number of aliphatic hydroxyl groups excluding tert-OH is 1. The van der Waals surface area contributed by atoms with E-state index in [1.54, 1.807) is 0 Å². The summed E-state index contributed by atoms with van der Waals surface area (Å²) in [6.07, 6.45) is 7.86. The Morgan fingerprint density at radius 2 is 1.87 bits per heavy atom. The third kappa shape index (κ3) is 4.58. The molecule has 9 heteroatoms. The molecule has 0 radical (unpaired) electrons. The predicted molar refractivity (Wildman–Crippen MR) is 176 cm³/mol. The molecule has 0 spiro atoms. The summed E-state index contributed by atoms with van der Waals surface area (Å²) >= 11 is 0. The molecular formula is C36H42N4O5. The zero-order valence-electron chi connectivity index (χ0n) is 27.0. The van der Waals surface area contributed by atoms with Crippen molar-refractivity contribution in [1.29, 1.82) is 0 Å². The molecule has 1 fully saturated rings. The smallest absolute Gasteiger partial charge is 0.317 e. The first kappa shape index (κ1) is 30.9. The Morgan fingerprint density at radius 1 is 1.13 bits per heavy atom. The van der Waals surface area contributed by atoms with E-state index in [1.165, 1.54) is 7.11 Å². The number of aromatic nitrogens is 2. The van der Waals surface area contributed by atoms with Crippen LogP contribution in [0.3, 0.4) is 0 Å². The second-order valence-corrected chi connectivity index (χ2v) is 12.9. The number of fused-ring (bicyclic) bond motifs is 6. The summed E-state index contributed by atoms with van der Waals surface area (Å²) < 4.78 is 5.22. The monoisotopic (exact) mass is 610 g/mol. The molecular weight excluding hydrogens is 568 g/mol. The van der Waals surface area contributed by atoms with Gasteiger partial charge in [0.1, 0.15) is 5.92 Å². The first-order valence-electron chi connectivity index (χ1n) is 15.7. The lowest BCUT2D eigenvalue weighted by Crippen LogP contribution is -2.42. The molecule has 2 aromatic rings. The number of rotatable bonds is 6. The molecule has 0 aromatic carbocycles. The molecule has 4 aliphatic rings. The molecule has 5 atom stereocenters. The van der Waals surface area contributed by atoms with Crippen LogP contribution in [0.4, 0.5) is 0 Å². The first-order valence-corrected chi connectivity index (χ1v) is 15.7. The third-order valence-electron chi connectivity index (χ3n) is 10.5. The number of H-pyrrole nitrogens is 2. The van der Waals surface area contributed by atoms with Crippen molar-refractivity contribution < 1.29 is 24.5 Å². The molecule has 1 saturated carbocycles. The summed E-state index contributed by atoms with van der Waals surface area (Å²) in [4.78, 5) is 45.3. The van der Waals surface area contributed by atoms with Crippen molar-refractivity contribution in [2.45, 2.75) is 72.6 Å². The van der Waals surface area contributed by atoms with E-state index in [0.29, 0.717) is 23.4 Å². The maximum Gasteiger partial charge on any atom is 0.317 e. The van der Waals surface area contributed by atoms with E-state index in [-0.39, 0.29) is 24.0 Å². The van der Waals surface area contributed by atoms with Gasteiger partial charge < -0.3 is 24.9 Å². The Labute approximate surface area is 262 Å². The van der Waals surface area contributed by atoms with Crippen LogP contribution < -0.4 is 10.7 Å². The van der Waals surface area contributed by atoms with Crippen molar-refractivity contribution >= 4 is 47.5 Å². The summed E-state index contributed by atoms with van der Waals surface area (Å²) in [7, 11) is 1.30. The molecule has 8 bridgehead atoms. The molecule has 4 N–H and O–H groups in total. The molecule has 9 nitrogen and oxygen atoms in total. The summed E-state index contributed by atoms with van der Waals surface area (Å²) in [6, 6.07) is 0. The maximum atomic E-state index is 14.2. The number of nitrogens with one attached hydrogen (secondary N) is 2. The Kier molecular flexibility index (Phi) is 7.61. The largest absolute Gasteiger partial charge is 0.468 e. The van der Waals surface area contributed by atoms with Crippen molar-refractivity contribution in [3.8, 4) is 0 Å². The number of allylic oxidation sites excluding steroid dienone is 2. The molecule has 0 amide bonds. The molecule has 4 unspecified atom stereocenters. The van der Waals surface area contributed by atoms with Crippen molar-refractivity contribution in [2.24, 2.45) is 33.7 Å². The summed E-state index contributed by atoms with van der Waals surface area (Å²) in [5.41, 5.74) is 8.48. The summed E-state index contributed by atoms with van der Waals surface area (Å²) in [6.45, 7) is 16.2. The minimum absolute atomic E-state index is 0.126. The van der Waals surface area contributed by atoms with Gasteiger partial charge >= 0.3 is 5.97 Å². The van der Waals surface area contributed by atoms with Crippen molar-refractivity contribution in [3.63, 3.8) is 0 Å². The highest BCUT2D eigenvalue weighted by Gasteiger charge is 2.63. The SMILES string of the molecule is C=Cc1c2[nH]c(c1C)C=C1N=C(C(CCC(O)O)C1C)C1[C@@H](C(=O)OC)C(=O)C3=C(C)C(=NC31C)C=c1[nH]/c(c(C)c1CC)=C\2. The van der Waals surface area contributed by atoms with E-state index in [4.69, 9.17) is 14.7 Å². The molecule has 0 saturated heterocycles. The lowest BCUT2D eigenvalue weighted by atomic mass is 9.73. The number of ketones is 1. The van der Waals surface area contributed by atoms with Crippen LogP contribution in [0.1, 0.15) is 74.2 Å². The second-order valence-electron chi connectivity index (χ2n) is 12.9. The predicted octanol–water partition coefficient (Wildman–Crippen LogP) is 3.44. The number of Topliss-reactive ketones (excluding diaryl/α,β-unsaturated/α-hetero) is 1. The highest BCUT2D eigenvalue weighted by molar-refractivity contribution is 6.30. The van der Waals surface area contributed by atoms with Crippen molar-refractivity contribution in [3.05, 3.63) is 67.8 Å². The fraction of sp³-hybridized carbons (Fsp3) is 0.444. The number of aliphatic imine (C=N–C) groups is 2. The van der Waals surface area contributed by atoms with E-state index in [1.807, 2.05) is 39.0 Å². The van der Waals surface area contributed by atoms with E-state index in [0.717, 1.165) is 62.0 Å². The highest BCUT2D eigenvalue weighted by atomic mass is 16.5. The number of aromatic amines is 2. The van der Waals surface area contributed by atoms with Gasteiger partial charge in [0.15, 0.2) is 12.1 Å². The lowest BCUT2D eigenvalue weighted by molar-refractivity contribution is -0.148. The fourth-order valence-corrected chi connectivity index (χ4v) is 8.15. The number of methoxy groups -OCH3 is 1. The average Bonchev–Trinajstić information content (AvgIpc) is 3.69. The van der Waals surface area contributed by atoms with Crippen LogP contribution in [-0.2, 0) is 20.7 Å². The van der Waals surface area contributed by atoms with Crippen LogP contribution in [0, 0.1) is 37.5 Å². The zero-order valence-corrected chi connectivity index (χ0v) is 27.0. The quantitative estimate of drug-likeness (QED) is 0.225. The van der Waals surface area contributed by atoms with Crippen molar-refractivity contribution in [2.75, 3.05) is 7.11 Å². The van der Waals surface area contributed by atoms with Gasteiger partial charge in [0, 0.05) is 62.4 Å². The van der Waals surface area contributed by atoms with Gasteiger partial charge in [-0.25, -0.2) is 0 Å². The standard InChI is InChI=1S/C36H42N4O5/c1-9-20-16(3)23-13-25-18(5)22(11-12-29(41)42)33(39-25)32-30(35(44)45-8)34(43)31-19(6)26(40-36(31,32)7)15-28-21(10-2)17(4)24(38-28)14-27(20)37-23/h9,13-15,18,22,29-30,32,37-38,41-42H,1,10-12H2,2-8H3/b24-14-,25-13?,28-15?/t18?,22?,30-,32?,36?/m1/s1. The summed E-state index contributed by atoms with van der Waals surface area (Å²) in [5.74, 6) is -3.08. The maximum absolute atomic E-state index is 14.2. The average molecular weight is 611 g/mol. The molecule has 45 heavy (non-hydrogen) atoms. The summed E-state index contributed by atoms with van der Waals surface area (Å²) in [5, 5.41) is 21.6. The van der Waals surface area contributed by atoms with Gasteiger partial charge in [0.05, 0.1) is 18.4 Å². The molecule has 5 heterocycles. The third-order valence-corrected chi connectivity index (χ3v) is 10.5. The van der Waals surface area contributed by atoms with Crippen LogP contribution in [-0.4, -0.2) is 62.3 Å². The van der Waals surface area contributed by atoms with Crippen LogP contribution in [0.5, 0.6) is 0 Å². The Hall–Kier alpha value is -4.08. The minimum Gasteiger partial charge on any atom is -0.468 e. The van der Waals surface area contributed by atoms with Gasteiger partial charge in [-0.2, -0.15) is 0 Å². The number of nitrogens with zero attached hydrogens (tertiary/aromatic N) is 2. The Balaban J connectivity index is 1.71. The number of esters is 1. The molecule has 2 aromatic heterocycles. The normalized spacial score (nSPS) is 27.6. The topological polar surface area (TPSA) is 140 Å². The number of hydrogen-bond donors (Lipinski definition) is 4. The molecule has 236 valence electrons. The lowest BCUT2D eigenvalue weighted by Gasteiger charge is -2.32. The van der Waals surface area contributed by atoms with Crippen molar-refractivity contribution in [1.82, 2.24) is 9.97 Å². The number of hydrogen-bond acceptors (Lipinski definition) is 7. The van der Waals surface area contributed by atoms with E-state index >= 15 is 0 Å². The van der Waals surface area contributed by atoms with Gasteiger partial charge in [-0.1, -0.05) is 26.5 Å². The number of ether oxygens (including phenoxy) is 1. The van der Waals surface area contributed by atoms with Crippen LogP contribution in [0.25, 0.3) is 24.3 Å². The van der Waals surface area contributed by atoms with Crippen LogP contribution in [0.2, 0.25) is 0 Å². The number of carbonyl (C=O) groups excluding carboxylic acids is 2. The molecule has 6 rings (SSSR count). The second kappa shape index (κ2) is 11.1.